The van der Waals surface area contributed by atoms with Crippen LogP contribution in [0.15, 0.2) is 46.9 Å². The number of esters is 1. The van der Waals surface area contributed by atoms with Gasteiger partial charge in [-0.2, -0.15) is 11.8 Å². The number of hydrogen-bond acceptors (Lipinski definition) is 8. The number of thioether (sulfide) groups is 2. The largest absolute Gasteiger partial charge is 0.462 e. The van der Waals surface area contributed by atoms with Crippen molar-refractivity contribution in [2.24, 2.45) is 5.92 Å². The van der Waals surface area contributed by atoms with Crippen LogP contribution in [0.3, 0.4) is 0 Å². The van der Waals surface area contributed by atoms with Gasteiger partial charge in [0.05, 0.1) is 29.3 Å². The molecule has 1 aliphatic carbocycles. The number of ether oxygens (including phenoxy) is 1. The standard InChI is InChI=1S/C26H34O6S2/c1-17(2)31-25(30)16-33-12-5-13-34-26-21(22(28)15-23(26)29)11-9-19(27)8-10-20-14-18-6-3-4-7-24(18)32-20/h3-4,6-7,9,11,14,17,19,21-22,26-28H,5,8,10,12-13,15-16H2,1-2H3. The molecule has 3 rings (SSSR count). The zero-order valence-corrected chi connectivity index (χ0v) is 21.4. The molecule has 1 aliphatic rings. The molecular formula is C26H34O6S2. The lowest BCUT2D eigenvalue weighted by Crippen LogP contribution is -2.22. The predicted molar refractivity (Wildman–Crippen MR) is 138 cm³/mol. The minimum Gasteiger partial charge on any atom is -0.462 e. The first-order valence-corrected chi connectivity index (χ1v) is 14.0. The van der Waals surface area contributed by atoms with Crippen LogP contribution in [-0.4, -0.2) is 62.8 Å². The molecule has 0 bridgehead atoms. The zero-order valence-electron chi connectivity index (χ0n) is 19.7. The van der Waals surface area contributed by atoms with E-state index in [0.29, 0.717) is 18.6 Å². The van der Waals surface area contributed by atoms with Gasteiger partial charge >= 0.3 is 5.97 Å². The first kappa shape index (κ1) is 26.9. The fourth-order valence-electron chi connectivity index (χ4n) is 3.93. The van der Waals surface area contributed by atoms with Crippen LogP contribution in [0.1, 0.15) is 38.9 Å². The van der Waals surface area contributed by atoms with E-state index in [1.165, 1.54) is 11.8 Å². The van der Waals surface area contributed by atoms with Gasteiger partial charge in [-0.25, -0.2) is 0 Å². The highest BCUT2D eigenvalue weighted by Crippen LogP contribution is 2.34. The quantitative estimate of drug-likeness (QED) is 0.234. The summed E-state index contributed by atoms with van der Waals surface area (Å²) in [7, 11) is 0. The van der Waals surface area contributed by atoms with Gasteiger partial charge in [0.15, 0.2) is 0 Å². The third-order valence-corrected chi connectivity index (χ3v) is 8.04. The van der Waals surface area contributed by atoms with Crippen molar-refractivity contribution in [2.45, 2.75) is 63.1 Å². The van der Waals surface area contributed by atoms with Crippen molar-refractivity contribution in [3.05, 3.63) is 48.2 Å². The van der Waals surface area contributed by atoms with Gasteiger partial charge in [-0.1, -0.05) is 30.4 Å². The summed E-state index contributed by atoms with van der Waals surface area (Å²) in [6.07, 6.45) is 4.11. The third kappa shape index (κ3) is 8.18. The Balaban J connectivity index is 1.40. The van der Waals surface area contributed by atoms with Gasteiger partial charge in [0.25, 0.3) is 0 Å². The number of furan rings is 1. The molecule has 1 aromatic heterocycles. The van der Waals surface area contributed by atoms with Crippen LogP contribution in [0.5, 0.6) is 0 Å². The molecule has 4 unspecified atom stereocenters. The average Bonchev–Trinajstić information content (AvgIpc) is 3.32. The third-order valence-electron chi connectivity index (χ3n) is 5.56. The maximum atomic E-state index is 12.4. The van der Waals surface area contributed by atoms with Crippen LogP contribution in [0.4, 0.5) is 0 Å². The van der Waals surface area contributed by atoms with E-state index in [4.69, 9.17) is 9.15 Å². The van der Waals surface area contributed by atoms with E-state index in [0.717, 1.165) is 34.7 Å². The molecule has 34 heavy (non-hydrogen) atoms. The second kappa shape index (κ2) is 13.4. The van der Waals surface area contributed by atoms with Crippen LogP contribution < -0.4 is 0 Å². The normalized spacial score (nSPS) is 21.7. The minimum absolute atomic E-state index is 0.0529. The number of carbonyl (C=O) groups excluding carboxylic acids is 2. The summed E-state index contributed by atoms with van der Waals surface area (Å²) in [6.45, 7) is 3.66. The summed E-state index contributed by atoms with van der Waals surface area (Å²) in [5.41, 5.74) is 0.837. The number of Topliss-reactive ketones (excluding diaryl/α,β-unsaturated/α-hetero) is 1. The number of ketones is 1. The summed E-state index contributed by atoms with van der Waals surface area (Å²) in [5, 5.41) is 21.5. The van der Waals surface area contributed by atoms with Crippen molar-refractivity contribution in [2.75, 3.05) is 17.3 Å². The lowest BCUT2D eigenvalue weighted by Gasteiger charge is -2.17. The fraction of sp³-hybridized carbons (Fsp3) is 0.538. The molecule has 1 fully saturated rings. The van der Waals surface area contributed by atoms with Crippen molar-refractivity contribution in [1.82, 2.24) is 0 Å². The van der Waals surface area contributed by atoms with Crippen LogP contribution in [-0.2, 0) is 20.7 Å². The highest BCUT2D eigenvalue weighted by molar-refractivity contribution is 8.01. The summed E-state index contributed by atoms with van der Waals surface area (Å²) in [5.74, 6) is 2.30. The molecular weight excluding hydrogens is 472 g/mol. The van der Waals surface area contributed by atoms with E-state index in [-0.39, 0.29) is 35.4 Å². The zero-order chi connectivity index (χ0) is 24.5. The predicted octanol–water partition coefficient (Wildman–Crippen LogP) is 4.41. The van der Waals surface area contributed by atoms with Gasteiger partial charge in [-0.05, 0) is 50.3 Å². The van der Waals surface area contributed by atoms with Crippen LogP contribution >= 0.6 is 23.5 Å². The Bertz CT molecular complexity index is 936. The second-order valence-corrected chi connectivity index (χ2v) is 11.1. The van der Waals surface area contributed by atoms with E-state index in [9.17, 15) is 19.8 Å². The lowest BCUT2D eigenvalue weighted by atomic mass is 10.0. The van der Waals surface area contributed by atoms with E-state index >= 15 is 0 Å². The fourth-order valence-corrected chi connectivity index (χ4v) is 6.19. The highest BCUT2D eigenvalue weighted by atomic mass is 32.2. The topological polar surface area (TPSA) is 97.0 Å². The summed E-state index contributed by atoms with van der Waals surface area (Å²) in [4.78, 5) is 24.0. The van der Waals surface area contributed by atoms with Gasteiger partial charge in [0.1, 0.15) is 17.1 Å². The lowest BCUT2D eigenvalue weighted by molar-refractivity contribution is -0.144. The SMILES string of the molecule is CC(C)OC(=O)CSCCCSC1C(=O)CC(O)C1C=CC(O)CCc1cc2ccccc2o1. The van der Waals surface area contributed by atoms with Crippen molar-refractivity contribution >= 4 is 46.2 Å². The number of carbonyl (C=O) groups is 2. The molecule has 6 nitrogen and oxygen atoms in total. The van der Waals surface area contributed by atoms with E-state index in [1.807, 2.05) is 44.2 Å². The van der Waals surface area contributed by atoms with E-state index in [2.05, 4.69) is 0 Å². The molecule has 2 N–H and O–H groups in total. The van der Waals surface area contributed by atoms with Crippen molar-refractivity contribution in [3.63, 3.8) is 0 Å². The Hall–Kier alpha value is -1.74. The van der Waals surface area contributed by atoms with Gasteiger partial charge in [-0.15, -0.1) is 11.8 Å². The Labute approximate surface area is 209 Å². The number of fused-ring (bicyclic) bond motifs is 1. The van der Waals surface area contributed by atoms with Crippen LogP contribution in [0.2, 0.25) is 0 Å². The van der Waals surface area contributed by atoms with Gasteiger partial charge in [0, 0.05) is 24.1 Å². The molecule has 0 saturated heterocycles. The molecule has 0 spiro atoms. The maximum Gasteiger partial charge on any atom is 0.316 e. The van der Waals surface area contributed by atoms with Gasteiger partial charge in [0.2, 0.25) is 0 Å². The van der Waals surface area contributed by atoms with E-state index in [1.54, 1.807) is 23.9 Å². The first-order valence-electron chi connectivity index (χ1n) is 11.8. The molecule has 0 aliphatic heterocycles. The summed E-state index contributed by atoms with van der Waals surface area (Å²) < 4.78 is 10.9. The highest BCUT2D eigenvalue weighted by Gasteiger charge is 2.40. The minimum atomic E-state index is -0.719. The molecule has 186 valence electrons. The molecule has 2 aromatic rings. The molecule has 0 amide bonds. The molecule has 1 heterocycles. The molecule has 1 saturated carbocycles. The van der Waals surface area contributed by atoms with Crippen LogP contribution in [0, 0.1) is 5.92 Å². The molecule has 4 atom stereocenters. The Morgan fingerprint density at radius 3 is 2.85 bits per heavy atom. The number of benzene rings is 1. The smallest absolute Gasteiger partial charge is 0.316 e. The van der Waals surface area contributed by atoms with Crippen molar-refractivity contribution in [1.29, 1.82) is 0 Å². The Morgan fingerprint density at radius 1 is 1.29 bits per heavy atom. The Morgan fingerprint density at radius 2 is 2.09 bits per heavy atom. The monoisotopic (exact) mass is 506 g/mol. The molecule has 0 radical (unpaired) electrons. The van der Waals surface area contributed by atoms with Crippen LogP contribution in [0.25, 0.3) is 11.0 Å². The number of aliphatic hydroxyl groups excluding tert-OH is 2. The van der Waals surface area contributed by atoms with E-state index < -0.39 is 12.2 Å². The number of aliphatic hydroxyl groups is 2. The molecule has 1 aromatic carbocycles. The Kier molecular flexibility index (Phi) is 10.6. The van der Waals surface area contributed by atoms with Gasteiger partial charge < -0.3 is 19.4 Å². The first-order chi connectivity index (χ1) is 16.3. The maximum absolute atomic E-state index is 12.4. The summed E-state index contributed by atoms with van der Waals surface area (Å²) >= 11 is 3.08. The van der Waals surface area contributed by atoms with Crippen molar-refractivity contribution < 1.29 is 29.0 Å². The summed E-state index contributed by atoms with van der Waals surface area (Å²) in [6, 6.07) is 9.80. The number of aryl methyl sites for hydroxylation is 1. The average molecular weight is 507 g/mol. The number of hydrogen-bond donors (Lipinski definition) is 2. The van der Waals surface area contributed by atoms with Crippen molar-refractivity contribution in [3.8, 4) is 0 Å². The van der Waals surface area contributed by atoms with Gasteiger partial charge in [-0.3, -0.25) is 9.59 Å². The molecule has 8 heteroatoms. The number of rotatable bonds is 13. The second-order valence-electron chi connectivity index (χ2n) is 8.79. The number of para-hydroxylation sites is 1.